The lowest BCUT2D eigenvalue weighted by Gasteiger charge is -2.33. The third-order valence-electron chi connectivity index (χ3n) is 3.63. The second kappa shape index (κ2) is 5.38. The number of anilines is 1. The molecule has 1 aliphatic carbocycles. The average Bonchev–Trinajstić information content (AvgIpc) is 2.27. The Morgan fingerprint density at radius 3 is 2.67 bits per heavy atom. The smallest absolute Gasteiger partial charge is 0.338 e. The van der Waals surface area contributed by atoms with Gasteiger partial charge >= 0.3 is 5.97 Å². The monoisotopic (exact) mass is 251 g/mol. The van der Waals surface area contributed by atoms with E-state index in [1.165, 1.54) is 31.4 Å². The van der Waals surface area contributed by atoms with Gasteiger partial charge in [0.25, 0.3) is 0 Å². The first kappa shape index (κ1) is 12.9. The maximum Gasteiger partial charge on any atom is 0.338 e. The second-order valence-electron chi connectivity index (χ2n) is 4.80. The molecule has 4 heteroatoms. The van der Waals surface area contributed by atoms with Crippen LogP contribution in [0.1, 0.15) is 36.5 Å². The molecule has 1 aliphatic rings. The largest absolute Gasteiger partial charge is 0.478 e. The van der Waals surface area contributed by atoms with Crippen molar-refractivity contribution >= 4 is 11.7 Å². The topological polar surface area (TPSA) is 40.5 Å². The van der Waals surface area contributed by atoms with Gasteiger partial charge in [0.05, 0.1) is 5.56 Å². The van der Waals surface area contributed by atoms with Gasteiger partial charge in [0, 0.05) is 18.8 Å². The predicted octanol–water partition coefficient (Wildman–Crippen LogP) is 3.15. The van der Waals surface area contributed by atoms with Crippen molar-refractivity contribution in [1.29, 1.82) is 0 Å². The van der Waals surface area contributed by atoms with Crippen LogP contribution in [0.25, 0.3) is 0 Å². The van der Waals surface area contributed by atoms with Gasteiger partial charge in [-0.25, -0.2) is 9.18 Å². The molecule has 1 aromatic carbocycles. The molecule has 0 radical (unpaired) electrons. The minimum Gasteiger partial charge on any atom is -0.478 e. The highest BCUT2D eigenvalue weighted by Gasteiger charge is 2.21. The van der Waals surface area contributed by atoms with Gasteiger partial charge in [-0.15, -0.1) is 0 Å². The molecule has 0 unspecified atom stereocenters. The van der Waals surface area contributed by atoms with Crippen LogP contribution in [-0.2, 0) is 0 Å². The lowest BCUT2D eigenvalue weighted by Crippen LogP contribution is -2.32. The fourth-order valence-corrected chi connectivity index (χ4v) is 2.28. The van der Waals surface area contributed by atoms with Crippen LogP contribution in [0, 0.1) is 11.7 Å². The first-order valence-electron chi connectivity index (χ1n) is 6.39. The number of rotatable bonds is 5. The molecule has 0 aromatic heterocycles. The number of hydrogen-bond acceptors (Lipinski definition) is 2. The van der Waals surface area contributed by atoms with Gasteiger partial charge in [0.15, 0.2) is 0 Å². The first-order valence-corrected chi connectivity index (χ1v) is 6.39. The molecular weight excluding hydrogens is 233 g/mol. The molecule has 0 saturated heterocycles. The number of carbonyl (C=O) groups is 1. The van der Waals surface area contributed by atoms with Crippen LogP contribution in [0.4, 0.5) is 10.1 Å². The van der Waals surface area contributed by atoms with Crippen molar-refractivity contribution in [3.63, 3.8) is 0 Å². The number of halogens is 1. The summed E-state index contributed by atoms with van der Waals surface area (Å²) in [6, 6.07) is 4.36. The zero-order valence-corrected chi connectivity index (χ0v) is 10.5. The van der Waals surface area contributed by atoms with Crippen molar-refractivity contribution in [3.8, 4) is 0 Å². The second-order valence-corrected chi connectivity index (χ2v) is 4.80. The summed E-state index contributed by atoms with van der Waals surface area (Å²) in [5.74, 6) is -1.18. The van der Waals surface area contributed by atoms with Gasteiger partial charge in [-0.05, 0) is 43.9 Å². The fourth-order valence-electron chi connectivity index (χ4n) is 2.28. The molecule has 0 atom stereocenters. The summed E-state index contributed by atoms with van der Waals surface area (Å²) in [6.45, 7) is 3.77. The van der Waals surface area contributed by atoms with E-state index in [4.69, 9.17) is 5.11 Å². The van der Waals surface area contributed by atoms with Crippen LogP contribution in [-0.4, -0.2) is 24.2 Å². The maximum atomic E-state index is 13.6. The summed E-state index contributed by atoms with van der Waals surface area (Å²) in [7, 11) is 0. The van der Waals surface area contributed by atoms with Gasteiger partial charge in [-0.1, -0.05) is 6.42 Å². The summed E-state index contributed by atoms with van der Waals surface area (Å²) in [5, 5.41) is 8.79. The average molecular weight is 251 g/mol. The zero-order valence-electron chi connectivity index (χ0n) is 10.5. The van der Waals surface area contributed by atoms with E-state index in [0.29, 0.717) is 5.92 Å². The van der Waals surface area contributed by atoms with Crippen LogP contribution in [0.5, 0.6) is 0 Å². The SMILES string of the molecule is CCN(CC1CCC1)c1ccc(C(=O)O)c(F)c1. The Labute approximate surface area is 106 Å². The van der Waals surface area contributed by atoms with Crippen molar-refractivity contribution in [2.75, 3.05) is 18.0 Å². The third kappa shape index (κ3) is 2.63. The molecule has 0 amide bonds. The maximum absolute atomic E-state index is 13.6. The Balaban J connectivity index is 2.14. The normalized spacial score (nSPS) is 15.2. The molecule has 1 saturated carbocycles. The number of aromatic carboxylic acids is 1. The molecule has 1 aromatic rings. The van der Waals surface area contributed by atoms with Crippen LogP contribution in [0.2, 0.25) is 0 Å². The highest BCUT2D eigenvalue weighted by atomic mass is 19.1. The molecule has 0 bridgehead atoms. The number of nitrogens with zero attached hydrogens (tertiary/aromatic N) is 1. The molecule has 1 N–H and O–H groups in total. The van der Waals surface area contributed by atoms with E-state index < -0.39 is 11.8 Å². The van der Waals surface area contributed by atoms with E-state index in [-0.39, 0.29) is 5.56 Å². The first-order chi connectivity index (χ1) is 8.61. The van der Waals surface area contributed by atoms with Crippen molar-refractivity contribution in [2.24, 2.45) is 5.92 Å². The molecule has 1 fully saturated rings. The highest BCUT2D eigenvalue weighted by Crippen LogP contribution is 2.29. The Morgan fingerprint density at radius 2 is 2.22 bits per heavy atom. The van der Waals surface area contributed by atoms with E-state index in [2.05, 4.69) is 4.90 Å². The number of carboxylic acid groups (broad SMARTS) is 1. The highest BCUT2D eigenvalue weighted by molar-refractivity contribution is 5.88. The van der Waals surface area contributed by atoms with Gasteiger partial charge in [-0.2, -0.15) is 0 Å². The molecule has 18 heavy (non-hydrogen) atoms. The van der Waals surface area contributed by atoms with E-state index in [1.54, 1.807) is 6.07 Å². The van der Waals surface area contributed by atoms with Gasteiger partial charge < -0.3 is 10.0 Å². The molecule has 0 aliphatic heterocycles. The fraction of sp³-hybridized carbons (Fsp3) is 0.500. The Bertz CT molecular complexity index is 443. The number of hydrogen-bond donors (Lipinski definition) is 1. The van der Waals surface area contributed by atoms with Crippen LogP contribution < -0.4 is 4.90 Å². The van der Waals surface area contributed by atoms with Gasteiger partial charge in [0.1, 0.15) is 5.82 Å². The lowest BCUT2D eigenvalue weighted by molar-refractivity contribution is 0.0692. The molecule has 0 heterocycles. The van der Waals surface area contributed by atoms with Crippen molar-refractivity contribution in [3.05, 3.63) is 29.6 Å². The minimum atomic E-state index is -1.22. The van der Waals surface area contributed by atoms with Gasteiger partial charge in [0.2, 0.25) is 0 Å². The van der Waals surface area contributed by atoms with Crippen molar-refractivity contribution < 1.29 is 14.3 Å². The molecule has 0 spiro atoms. The summed E-state index contributed by atoms with van der Waals surface area (Å²) < 4.78 is 13.6. The van der Waals surface area contributed by atoms with E-state index >= 15 is 0 Å². The predicted molar refractivity (Wildman–Crippen MR) is 68.6 cm³/mol. The van der Waals surface area contributed by atoms with E-state index in [9.17, 15) is 9.18 Å². The minimum absolute atomic E-state index is 0.265. The van der Waals surface area contributed by atoms with Crippen molar-refractivity contribution in [1.82, 2.24) is 0 Å². The quantitative estimate of drug-likeness (QED) is 0.874. The third-order valence-corrected chi connectivity index (χ3v) is 3.63. The van der Waals surface area contributed by atoms with Crippen molar-refractivity contribution in [2.45, 2.75) is 26.2 Å². The molecule has 2 rings (SSSR count). The summed E-state index contributed by atoms with van der Waals surface area (Å²) in [6.07, 6.45) is 3.77. The molecular formula is C14H18FNO2. The lowest BCUT2D eigenvalue weighted by atomic mass is 9.85. The Kier molecular flexibility index (Phi) is 3.84. The van der Waals surface area contributed by atoms with Gasteiger partial charge in [-0.3, -0.25) is 0 Å². The number of benzene rings is 1. The Morgan fingerprint density at radius 1 is 1.50 bits per heavy atom. The molecule has 3 nitrogen and oxygen atoms in total. The molecule has 98 valence electrons. The summed E-state index contributed by atoms with van der Waals surface area (Å²) in [4.78, 5) is 12.9. The standard InChI is InChI=1S/C14H18FNO2/c1-2-16(9-10-4-3-5-10)11-6-7-12(14(17)18)13(15)8-11/h6-8,10H,2-5,9H2,1H3,(H,17,18). The summed E-state index contributed by atoms with van der Waals surface area (Å²) in [5.41, 5.74) is 0.505. The zero-order chi connectivity index (χ0) is 13.1. The van der Waals surface area contributed by atoms with Crippen LogP contribution in [0.3, 0.4) is 0 Å². The Hall–Kier alpha value is -1.58. The number of carboxylic acids is 1. The van der Waals surface area contributed by atoms with E-state index in [0.717, 1.165) is 18.8 Å². The summed E-state index contributed by atoms with van der Waals surface area (Å²) >= 11 is 0. The van der Waals surface area contributed by atoms with E-state index in [1.807, 2.05) is 6.92 Å². The van der Waals surface area contributed by atoms with Crippen LogP contribution in [0.15, 0.2) is 18.2 Å². The van der Waals surface area contributed by atoms with Crippen LogP contribution >= 0.6 is 0 Å².